The highest BCUT2D eigenvalue weighted by Crippen LogP contribution is 2.25. The second-order valence-electron chi connectivity index (χ2n) is 5.73. The highest BCUT2D eigenvalue weighted by Gasteiger charge is 2.38. The van der Waals surface area contributed by atoms with Crippen molar-refractivity contribution in [3.63, 3.8) is 0 Å². The van der Waals surface area contributed by atoms with E-state index < -0.39 is 5.60 Å². The first-order valence-electron chi connectivity index (χ1n) is 6.20. The van der Waals surface area contributed by atoms with Crippen LogP contribution in [0.5, 0.6) is 0 Å². The molecule has 0 bridgehead atoms. The molecule has 1 amide bonds. The van der Waals surface area contributed by atoms with Gasteiger partial charge in [0.2, 0.25) is 0 Å². The monoisotopic (exact) mass is 226 g/mol. The number of ether oxygens (including phenoxy) is 1. The summed E-state index contributed by atoms with van der Waals surface area (Å²) >= 11 is 0. The predicted molar refractivity (Wildman–Crippen MR) is 62.4 cm³/mol. The van der Waals surface area contributed by atoms with Crippen LogP contribution in [0.3, 0.4) is 0 Å². The Morgan fingerprint density at radius 1 is 1.38 bits per heavy atom. The van der Waals surface area contributed by atoms with Crippen LogP contribution in [0.1, 0.15) is 40.0 Å². The van der Waals surface area contributed by atoms with Gasteiger partial charge in [-0.1, -0.05) is 0 Å². The molecule has 2 saturated heterocycles. The SMILES string of the molecule is CC(C)(C)OC(=O)N1CCC[C@@H]2NCC[C@@H]21. The number of rotatable bonds is 0. The molecule has 2 aliphatic heterocycles. The maximum Gasteiger partial charge on any atom is 0.410 e. The van der Waals surface area contributed by atoms with Crippen molar-refractivity contribution < 1.29 is 9.53 Å². The summed E-state index contributed by atoms with van der Waals surface area (Å²) in [5.41, 5.74) is -0.393. The number of amides is 1. The number of fused-ring (bicyclic) bond motifs is 1. The van der Waals surface area contributed by atoms with Gasteiger partial charge in [0, 0.05) is 12.6 Å². The van der Waals surface area contributed by atoms with E-state index in [0.29, 0.717) is 12.1 Å². The van der Waals surface area contributed by atoms with Gasteiger partial charge in [-0.15, -0.1) is 0 Å². The highest BCUT2D eigenvalue weighted by atomic mass is 16.6. The molecule has 0 aromatic heterocycles. The quantitative estimate of drug-likeness (QED) is 0.684. The van der Waals surface area contributed by atoms with Crippen LogP contribution in [0, 0.1) is 0 Å². The van der Waals surface area contributed by atoms with Crippen LogP contribution < -0.4 is 5.32 Å². The summed E-state index contributed by atoms with van der Waals surface area (Å²) in [6.45, 7) is 7.62. The van der Waals surface area contributed by atoms with Crippen LogP contribution in [-0.4, -0.2) is 41.8 Å². The molecule has 2 heterocycles. The van der Waals surface area contributed by atoms with E-state index in [4.69, 9.17) is 4.74 Å². The molecule has 2 aliphatic rings. The molecular formula is C12H22N2O2. The fraction of sp³-hybridized carbons (Fsp3) is 0.917. The maximum atomic E-state index is 12.0. The van der Waals surface area contributed by atoms with Gasteiger partial charge in [0.15, 0.2) is 0 Å². The summed E-state index contributed by atoms with van der Waals surface area (Å²) in [6.07, 6.45) is 3.17. The van der Waals surface area contributed by atoms with Gasteiger partial charge in [-0.25, -0.2) is 4.79 Å². The molecule has 0 aliphatic carbocycles. The van der Waals surface area contributed by atoms with Gasteiger partial charge < -0.3 is 15.0 Å². The number of carbonyl (C=O) groups excluding carboxylic acids is 1. The minimum Gasteiger partial charge on any atom is -0.444 e. The fourth-order valence-electron chi connectivity index (χ4n) is 2.62. The van der Waals surface area contributed by atoms with E-state index in [1.165, 1.54) is 6.42 Å². The van der Waals surface area contributed by atoms with Gasteiger partial charge in [0.25, 0.3) is 0 Å². The summed E-state index contributed by atoms with van der Waals surface area (Å²) in [6, 6.07) is 0.838. The van der Waals surface area contributed by atoms with E-state index in [0.717, 1.165) is 25.9 Å². The van der Waals surface area contributed by atoms with Crippen molar-refractivity contribution in [2.45, 2.75) is 57.7 Å². The van der Waals surface area contributed by atoms with Crippen molar-refractivity contribution in [3.05, 3.63) is 0 Å². The second kappa shape index (κ2) is 4.24. The van der Waals surface area contributed by atoms with Crippen molar-refractivity contribution in [1.82, 2.24) is 10.2 Å². The van der Waals surface area contributed by atoms with Gasteiger partial charge >= 0.3 is 6.09 Å². The lowest BCUT2D eigenvalue weighted by Crippen LogP contribution is -2.52. The molecule has 16 heavy (non-hydrogen) atoms. The van der Waals surface area contributed by atoms with Crippen LogP contribution in [0.2, 0.25) is 0 Å². The number of nitrogens with zero attached hydrogens (tertiary/aromatic N) is 1. The van der Waals surface area contributed by atoms with Crippen molar-refractivity contribution >= 4 is 6.09 Å². The smallest absolute Gasteiger partial charge is 0.410 e. The minimum absolute atomic E-state index is 0.147. The molecule has 2 atom stereocenters. The molecule has 2 rings (SSSR count). The van der Waals surface area contributed by atoms with Crippen molar-refractivity contribution in [1.29, 1.82) is 0 Å². The van der Waals surface area contributed by atoms with Crippen LogP contribution in [0.4, 0.5) is 4.79 Å². The largest absolute Gasteiger partial charge is 0.444 e. The third-order valence-corrected chi connectivity index (χ3v) is 3.25. The Kier molecular flexibility index (Phi) is 3.10. The number of hydrogen-bond acceptors (Lipinski definition) is 3. The van der Waals surface area contributed by atoms with E-state index in [1.807, 2.05) is 25.7 Å². The Labute approximate surface area is 97.3 Å². The number of hydrogen-bond donors (Lipinski definition) is 1. The molecule has 0 unspecified atom stereocenters. The van der Waals surface area contributed by atoms with Gasteiger partial charge in [0.1, 0.15) is 5.60 Å². The lowest BCUT2D eigenvalue weighted by atomic mass is 9.98. The third kappa shape index (κ3) is 2.48. The summed E-state index contributed by atoms with van der Waals surface area (Å²) in [5.74, 6) is 0. The Bertz CT molecular complexity index is 273. The standard InChI is InChI=1S/C12H22N2O2/c1-12(2,3)16-11(15)14-8-4-5-9-10(14)6-7-13-9/h9-10,13H,4-8H2,1-3H3/t9-,10-/m0/s1. The number of nitrogens with one attached hydrogen (secondary N) is 1. The number of piperidine rings is 1. The summed E-state index contributed by atoms with van der Waals surface area (Å²) < 4.78 is 5.44. The van der Waals surface area contributed by atoms with E-state index in [9.17, 15) is 4.79 Å². The Balaban J connectivity index is 2.00. The first-order valence-corrected chi connectivity index (χ1v) is 6.20. The minimum atomic E-state index is -0.393. The summed E-state index contributed by atoms with van der Waals surface area (Å²) in [5, 5.41) is 3.46. The van der Waals surface area contributed by atoms with Gasteiger partial charge in [0.05, 0.1) is 6.04 Å². The van der Waals surface area contributed by atoms with E-state index in [2.05, 4.69) is 5.32 Å². The Morgan fingerprint density at radius 3 is 2.81 bits per heavy atom. The first kappa shape index (κ1) is 11.7. The molecular weight excluding hydrogens is 204 g/mol. The second-order valence-corrected chi connectivity index (χ2v) is 5.73. The average Bonchev–Trinajstić information content (AvgIpc) is 2.61. The topological polar surface area (TPSA) is 41.6 Å². The molecule has 92 valence electrons. The highest BCUT2D eigenvalue weighted by molar-refractivity contribution is 5.69. The first-order chi connectivity index (χ1) is 7.47. The molecule has 0 aromatic carbocycles. The fourth-order valence-corrected chi connectivity index (χ4v) is 2.62. The maximum absolute atomic E-state index is 12.0. The molecule has 0 saturated carbocycles. The predicted octanol–water partition coefficient (Wildman–Crippen LogP) is 1.75. The molecule has 4 heteroatoms. The zero-order valence-electron chi connectivity index (χ0n) is 10.5. The van der Waals surface area contributed by atoms with E-state index in [-0.39, 0.29) is 6.09 Å². The lowest BCUT2D eigenvalue weighted by Gasteiger charge is -2.38. The molecule has 0 aromatic rings. The molecule has 1 N–H and O–H groups in total. The van der Waals surface area contributed by atoms with Crippen LogP contribution in [-0.2, 0) is 4.74 Å². The molecule has 0 spiro atoms. The van der Waals surface area contributed by atoms with Crippen molar-refractivity contribution in [3.8, 4) is 0 Å². The summed E-state index contributed by atoms with van der Waals surface area (Å²) in [7, 11) is 0. The van der Waals surface area contributed by atoms with E-state index in [1.54, 1.807) is 0 Å². The Hall–Kier alpha value is -0.770. The lowest BCUT2D eigenvalue weighted by molar-refractivity contribution is 0.00884. The third-order valence-electron chi connectivity index (χ3n) is 3.25. The van der Waals surface area contributed by atoms with Gasteiger partial charge in [-0.2, -0.15) is 0 Å². The molecule has 2 fully saturated rings. The van der Waals surface area contributed by atoms with Crippen LogP contribution in [0.25, 0.3) is 0 Å². The average molecular weight is 226 g/mol. The zero-order chi connectivity index (χ0) is 11.8. The normalized spacial score (nSPS) is 30.1. The molecule has 0 radical (unpaired) electrons. The summed E-state index contributed by atoms with van der Waals surface area (Å²) in [4.78, 5) is 13.9. The van der Waals surface area contributed by atoms with E-state index >= 15 is 0 Å². The van der Waals surface area contributed by atoms with Crippen LogP contribution >= 0.6 is 0 Å². The molecule has 4 nitrogen and oxygen atoms in total. The Morgan fingerprint density at radius 2 is 2.12 bits per heavy atom. The van der Waals surface area contributed by atoms with Crippen LogP contribution in [0.15, 0.2) is 0 Å². The van der Waals surface area contributed by atoms with Gasteiger partial charge in [-0.3, -0.25) is 0 Å². The van der Waals surface area contributed by atoms with Gasteiger partial charge in [-0.05, 0) is 46.6 Å². The van der Waals surface area contributed by atoms with Crippen molar-refractivity contribution in [2.24, 2.45) is 0 Å². The number of carbonyl (C=O) groups is 1. The number of likely N-dealkylation sites (tertiary alicyclic amines) is 1. The van der Waals surface area contributed by atoms with Crippen molar-refractivity contribution in [2.75, 3.05) is 13.1 Å². The zero-order valence-corrected chi connectivity index (χ0v) is 10.5.